The maximum atomic E-state index is 12.3. The molecule has 2 aromatic rings. The van der Waals surface area contributed by atoms with Crippen LogP contribution in [0.25, 0.3) is 0 Å². The molecule has 27 heavy (non-hydrogen) atoms. The Morgan fingerprint density at radius 2 is 1.56 bits per heavy atom. The van der Waals surface area contributed by atoms with E-state index in [0.29, 0.717) is 17.7 Å². The van der Waals surface area contributed by atoms with E-state index in [1.807, 2.05) is 12.1 Å². The van der Waals surface area contributed by atoms with Crippen molar-refractivity contribution in [1.82, 2.24) is 10.2 Å². The van der Waals surface area contributed by atoms with E-state index in [-0.39, 0.29) is 5.91 Å². The number of hydrogen-bond acceptors (Lipinski definition) is 5. The third-order valence-corrected chi connectivity index (χ3v) is 4.55. The number of benzene rings is 2. The number of amides is 1. The molecule has 3 rings (SSSR count). The highest BCUT2D eigenvalue weighted by molar-refractivity contribution is 5.96. The number of ether oxygens (including phenoxy) is 2. The molecule has 0 spiro atoms. The van der Waals surface area contributed by atoms with Crippen molar-refractivity contribution in [3.8, 4) is 0 Å². The number of nitrogens with zero attached hydrogens (tertiary/aromatic N) is 1. The van der Waals surface area contributed by atoms with Crippen molar-refractivity contribution in [2.24, 2.45) is 0 Å². The number of carbonyl (C=O) groups excluding carboxylic acids is 2. The highest BCUT2D eigenvalue weighted by Gasteiger charge is 2.11. The highest BCUT2D eigenvalue weighted by Crippen LogP contribution is 2.10. The first kappa shape index (κ1) is 19.1. The molecule has 1 heterocycles. The predicted octanol–water partition coefficient (Wildman–Crippen LogP) is 2.24. The minimum atomic E-state index is -0.417. The van der Waals surface area contributed by atoms with E-state index in [9.17, 15) is 9.59 Å². The van der Waals surface area contributed by atoms with Crippen molar-refractivity contribution in [3.05, 3.63) is 70.8 Å². The fourth-order valence-corrected chi connectivity index (χ4v) is 2.94. The molecule has 0 bridgehead atoms. The van der Waals surface area contributed by atoms with Crippen LogP contribution in [0.4, 0.5) is 0 Å². The summed E-state index contributed by atoms with van der Waals surface area (Å²) in [6, 6.07) is 14.7. The smallest absolute Gasteiger partial charge is 0.337 e. The summed E-state index contributed by atoms with van der Waals surface area (Å²) in [5, 5.41) is 2.90. The van der Waals surface area contributed by atoms with Gasteiger partial charge in [-0.3, -0.25) is 9.69 Å². The Kier molecular flexibility index (Phi) is 6.57. The maximum Gasteiger partial charge on any atom is 0.337 e. The van der Waals surface area contributed by atoms with Crippen LogP contribution in [0.5, 0.6) is 0 Å². The molecule has 6 heteroatoms. The van der Waals surface area contributed by atoms with Crippen molar-refractivity contribution in [2.75, 3.05) is 33.4 Å². The fourth-order valence-electron chi connectivity index (χ4n) is 2.94. The van der Waals surface area contributed by atoms with E-state index >= 15 is 0 Å². The number of carbonyl (C=O) groups is 2. The van der Waals surface area contributed by atoms with Gasteiger partial charge < -0.3 is 14.8 Å². The summed E-state index contributed by atoms with van der Waals surface area (Å²) >= 11 is 0. The van der Waals surface area contributed by atoms with Gasteiger partial charge in [-0.1, -0.05) is 24.3 Å². The van der Waals surface area contributed by atoms with Crippen LogP contribution in [0.3, 0.4) is 0 Å². The van der Waals surface area contributed by atoms with Gasteiger partial charge in [-0.15, -0.1) is 0 Å². The van der Waals surface area contributed by atoms with Gasteiger partial charge in [-0.2, -0.15) is 0 Å². The molecular weight excluding hydrogens is 344 g/mol. The summed E-state index contributed by atoms with van der Waals surface area (Å²) in [5.74, 6) is -0.595. The second kappa shape index (κ2) is 9.30. The average molecular weight is 368 g/mol. The van der Waals surface area contributed by atoms with E-state index < -0.39 is 5.97 Å². The molecule has 0 atom stereocenters. The van der Waals surface area contributed by atoms with Crippen LogP contribution in [0, 0.1) is 0 Å². The molecule has 1 aliphatic heterocycles. The number of morpholine rings is 1. The zero-order valence-electron chi connectivity index (χ0n) is 15.4. The van der Waals surface area contributed by atoms with Gasteiger partial charge in [0, 0.05) is 31.7 Å². The normalized spacial score (nSPS) is 14.6. The first-order valence-electron chi connectivity index (χ1n) is 9.00. The largest absolute Gasteiger partial charge is 0.465 e. The molecule has 2 aromatic carbocycles. The second-order valence-electron chi connectivity index (χ2n) is 6.46. The summed E-state index contributed by atoms with van der Waals surface area (Å²) < 4.78 is 10.0. The molecule has 0 aromatic heterocycles. The second-order valence-corrected chi connectivity index (χ2v) is 6.46. The van der Waals surface area contributed by atoms with Gasteiger partial charge in [-0.25, -0.2) is 4.79 Å². The molecule has 1 aliphatic rings. The van der Waals surface area contributed by atoms with Crippen molar-refractivity contribution in [3.63, 3.8) is 0 Å². The number of esters is 1. The van der Waals surface area contributed by atoms with Gasteiger partial charge in [-0.05, 0) is 35.4 Å². The van der Waals surface area contributed by atoms with Crippen LogP contribution in [0.2, 0.25) is 0 Å². The lowest BCUT2D eigenvalue weighted by molar-refractivity contribution is 0.0342. The van der Waals surface area contributed by atoms with Gasteiger partial charge >= 0.3 is 5.97 Å². The zero-order chi connectivity index (χ0) is 19.1. The Morgan fingerprint density at radius 3 is 2.19 bits per heavy atom. The van der Waals surface area contributed by atoms with Crippen LogP contribution in [0.15, 0.2) is 48.5 Å². The van der Waals surface area contributed by atoms with Gasteiger partial charge in [0.15, 0.2) is 0 Å². The minimum Gasteiger partial charge on any atom is -0.465 e. The summed E-state index contributed by atoms with van der Waals surface area (Å²) in [5.41, 5.74) is 3.22. The average Bonchev–Trinajstić information content (AvgIpc) is 2.73. The van der Waals surface area contributed by atoms with E-state index in [0.717, 1.165) is 38.4 Å². The molecule has 0 saturated carbocycles. The number of hydrogen-bond donors (Lipinski definition) is 1. The Labute approximate surface area is 159 Å². The number of rotatable bonds is 6. The van der Waals surface area contributed by atoms with Crippen LogP contribution >= 0.6 is 0 Å². The van der Waals surface area contributed by atoms with Gasteiger partial charge in [0.2, 0.25) is 0 Å². The molecule has 0 unspecified atom stereocenters. The van der Waals surface area contributed by atoms with Gasteiger partial charge in [0.25, 0.3) is 5.91 Å². The maximum absolute atomic E-state index is 12.3. The number of methoxy groups -OCH3 is 1. The monoisotopic (exact) mass is 368 g/mol. The summed E-state index contributed by atoms with van der Waals surface area (Å²) in [6.45, 7) is 4.90. The fraction of sp³-hybridized carbons (Fsp3) is 0.333. The summed E-state index contributed by atoms with van der Waals surface area (Å²) in [7, 11) is 1.33. The topological polar surface area (TPSA) is 67.9 Å². The Bertz CT molecular complexity index is 766. The lowest BCUT2D eigenvalue weighted by atomic mass is 10.1. The molecule has 142 valence electrons. The van der Waals surface area contributed by atoms with Crippen LogP contribution in [-0.4, -0.2) is 50.2 Å². The summed E-state index contributed by atoms with van der Waals surface area (Å²) in [4.78, 5) is 26.1. The van der Waals surface area contributed by atoms with Crippen molar-refractivity contribution >= 4 is 11.9 Å². The SMILES string of the molecule is COC(=O)c1ccc(C(=O)NCc2ccc(CN3CCOCC3)cc2)cc1. The van der Waals surface area contributed by atoms with E-state index in [4.69, 9.17) is 4.74 Å². The van der Waals surface area contributed by atoms with Crippen molar-refractivity contribution in [2.45, 2.75) is 13.1 Å². The van der Waals surface area contributed by atoms with Gasteiger partial charge in [0.05, 0.1) is 25.9 Å². The van der Waals surface area contributed by atoms with Gasteiger partial charge in [0.1, 0.15) is 0 Å². The molecule has 6 nitrogen and oxygen atoms in total. The minimum absolute atomic E-state index is 0.177. The molecule has 0 radical (unpaired) electrons. The third kappa shape index (κ3) is 5.39. The third-order valence-electron chi connectivity index (χ3n) is 4.55. The molecule has 1 fully saturated rings. The lowest BCUT2D eigenvalue weighted by Crippen LogP contribution is -2.35. The van der Waals surface area contributed by atoms with E-state index in [1.54, 1.807) is 24.3 Å². The van der Waals surface area contributed by atoms with Crippen LogP contribution in [0.1, 0.15) is 31.8 Å². The first-order valence-corrected chi connectivity index (χ1v) is 9.00. The van der Waals surface area contributed by atoms with E-state index in [2.05, 4.69) is 27.1 Å². The lowest BCUT2D eigenvalue weighted by Gasteiger charge is -2.26. The number of nitrogens with one attached hydrogen (secondary N) is 1. The standard InChI is InChI=1S/C21H24N2O4/c1-26-21(25)19-8-6-18(7-9-19)20(24)22-14-16-2-4-17(5-3-16)15-23-10-12-27-13-11-23/h2-9H,10-15H2,1H3,(H,22,24). The van der Waals surface area contributed by atoms with Crippen molar-refractivity contribution in [1.29, 1.82) is 0 Å². The van der Waals surface area contributed by atoms with Crippen LogP contribution in [-0.2, 0) is 22.6 Å². The quantitative estimate of drug-likeness (QED) is 0.792. The van der Waals surface area contributed by atoms with Crippen LogP contribution < -0.4 is 5.32 Å². The highest BCUT2D eigenvalue weighted by atomic mass is 16.5. The molecule has 1 N–H and O–H groups in total. The zero-order valence-corrected chi connectivity index (χ0v) is 15.4. The molecule has 1 saturated heterocycles. The van der Waals surface area contributed by atoms with Crippen molar-refractivity contribution < 1.29 is 19.1 Å². The predicted molar refractivity (Wildman–Crippen MR) is 101 cm³/mol. The van der Waals surface area contributed by atoms with E-state index in [1.165, 1.54) is 12.7 Å². The molecule has 0 aliphatic carbocycles. The Morgan fingerprint density at radius 1 is 0.963 bits per heavy atom. The Balaban J connectivity index is 1.50. The first-order chi connectivity index (χ1) is 13.2. The summed E-state index contributed by atoms with van der Waals surface area (Å²) in [6.07, 6.45) is 0. The molecular formula is C21H24N2O4. The molecule has 1 amide bonds. The Hall–Kier alpha value is -2.70.